The number of carbonyl (C=O) groups is 2. The van der Waals surface area contributed by atoms with Gasteiger partial charge in [0, 0.05) is 60.5 Å². The van der Waals surface area contributed by atoms with Gasteiger partial charge in [0.15, 0.2) is 0 Å². The Morgan fingerprint density at radius 2 is 1.71 bits per heavy atom. The van der Waals surface area contributed by atoms with Crippen molar-refractivity contribution in [2.45, 2.75) is 19.4 Å². The molecule has 2 amide bonds. The van der Waals surface area contributed by atoms with Gasteiger partial charge in [0.1, 0.15) is 0 Å². The SMILES string of the molecule is O=C(Nc1ccc(CN2CCSCC2)cc1)[C@@H]1CCCN(C(=O)c2ccc(Cl)cc2)C1. The fraction of sp³-hybridized carbons (Fsp3) is 0.417. The number of nitrogens with zero attached hydrogens (tertiary/aromatic N) is 2. The van der Waals surface area contributed by atoms with Crippen molar-refractivity contribution in [3.63, 3.8) is 0 Å². The fourth-order valence-electron chi connectivity index (χ4n) is 4.11. The number of halogens is 1. The number of hydrogen-bond acceptors (Lipinski definition) is 4. The summed E-state index contributed by atoms with van der Waals surface area (Å²) in [6.45, 7) is 4.35. The molecule has 164 valence electrons. The van der Waals surface area contributed by atoms with E-state index in [1.165, 1.54) is 17.1 Å². The molecule has 5 nitrogen and oxygen atoms in total. The summed E-state index contributed by atoms with van der Waals surface area (Å²) in [7, 11) is 0. The molecule has 2 aromatic rings. The Balaban J connectivity index is 1.31. The van der Waals surface area contributed by atoms with Crippen LogP contribution in [0.1, 0.15) is 28.8 Å². The van der Waals surface area contributed by atoms with E-state index in [0.29, 0.717) is 23.7 Å². The Bertz CT molecular complexity index is 898. The third kappa shape index (κ3) is 6.03. The molecule has 0 bridgehead atoms. The van der Waals surface area contributed by atoms with E-state index in [9.17, 15) is 9.59 Å². The summed E-state index contributed by atoms with van der Waals surface area (Å²) in [5.74, 6) is 2.14. The largest absolute Gasteiger partial charge is 0.338 e. The van der Waals surface area contributed by atoms with Crippen molar-refractivity contribution in [2.75, 3.05) is 43.0 Å². The highest BCUT2D eigenvalue weighted by atomic mass is 35.5. The van der Waals surface area contributed by atoms with Gasteiger partial charge < -0.3 is 10.2 Å². The zero-order valence-electron chi connectivity index (χ0n) is 17.6. The Hall–Kier alpha value is -2.02. The maximum atomic E-state index is 12.8. The molecule has 2 aromatic carbocycles. The second-order valence-corrected chi connectivity index (χ2v) is 9.83. The van der Waals surface area contributed by atoms with Gasteiger partial charge in [0.2, 0.25) is 5.91 Å². The van der Waals surface area contributed by atoms with Crippen molar-refractivity contribution < 1.29 is 9.59 Å². The molecule has 2 saturated heterocycles. The average molecular weight is 458 g/mol. The molecule has 0 unspecified atom stereocenters. The molecule has 1 N–H and O–H groups in total. The monoisotopic (exact) mass is 457 g/mol. The van der Waals surface area contributed by atoms with Crippen LogP contribution in [0.3, 0.4) is 0 Å². The third-order valence-electron chi connectivity index (χ3n) is 5.90. The number of rotatable bonds is 5. The molecule has 1 atom stereocenters. The molecule has 2 heterocycles. The van der Waals surface area contributed by atoms with Crippen molar-refractivity contribution >= 4 is 40.9 Å². The molecule has 0 radical (unpaired) electrons. The van der Waals surface area contributed by atoms with E-state index >= 15 is 0 Å². The van der Waals surface area contributed by atoms with Crippen LogP contribution in [0.2, 0.25) is 5.02 Å². The lowest BCUT2D eigenvalue weighted by Gasteiger charge is -2.32. The van der Waals surface area contributed by atoms with Crippen molar-refractivity contribution in [1.82, 2.24) is 9.80 Å². The van der Waals surface area contributed by atoms with E-state index in [2.05, 4.69) is 22.3 Å². The normalized spacial score (nSPS) is 19.8. The van der Waals surface area contributed by atoms with Crippen LogP contribution in [0.5, 0.6) is 0 Å². The number of thioether (sulfide) groups is 1. The van der Waals surface area contributed by atoms with Crippen LogP contribution >= 0.6 is 23.4 Å². The second kappa shape index (κ2) is 10.5. The zero-order chi connectivity index (χ0) is 21.6. The van der Waals surface area contributed by atoms with Crippen molar-refractivity contribution in [2.24, 2.45) is 5.92 Å². The summed E-state index contributed by atoms with van der Waals surface area (Å²) in [6.07, 6.45) is 1.62. The van der Waals surface area contributed by atoms with E-state index in [1.807, 2.05) is 23.9 Å². The molecule has 4 rings (SSSR count). The third-order valence-corrected chi connectivity index (χ3v) is 7.10. The van der Waals surface area contributed by atoms with Gasteiger partial charge >= 0.3 is 0 Å². The summed E-state index contributed by atoms with van der Waals surface area (Å²) in [6, 6.07) is 15.0. The molecule has 0 aliphatic carbocycles. The molecule has 0 saturated carbocycles. The van der Waals surface area contributed by atoms with Crippen molar-refractivity contribution in [3.8, 4) is 0 Å². The molecule has 31 heavy (non-hydrogen) atoms. The van der Waals surface area contributed by atoms with E-state index in [0.717, 1.165) is 38.2 Å². The van der Waals surface area contributed by atoms with Crippen LogP contribution in [0.4, 0.5) is 5.69 Å². The molecule has 2 aliphatic rings. The summed E-state index contributed by atoms with van der Waals surface area (Å²) in [5.41, 5.74) is 2.68. The summed E-state index contributed by atoms with van der Waals surface area (Å²) < 4.78 is 0. The van der Waals surface area contributed by atoms with Crippen LogP contribution < -0.4 is 5.32 Å². The van der Waals surface area contributed by atoms with Crippen LogP contribution in [0, 0.1) is 5.92 Å². The fourth-order valence-corrected chi connectivity index (χ4v) is 5.21. The molecular weight excluding hydrogens is 430 g/mol. The first-order valence-corrected chi connectivity index (χ1v) is 12.4. The average Bonchev–Trinajstić information content (AvgIpc) is 2.81. The lowest BCUT2D eigenvalue weighted by Crippen LogP contribution is -2.43. The molecular formula is C24H28ClN3O2S. The van der Waals surface area contributed by atoms with E-state index in [1.54, 1.807) is 29.2 Å². The minimum absolute atomic E-state index is 0.0191. The highest BCUT2D eigenvalue weighted by molar-refractivity contribution is 7.99. The number of amides is 2. The van der Waals surface area contributed by atoms with Gasteiger partial charge in [-0.15, -0.1) is 0 Å². The van der Waals surface area contributed by atoms with Gasteiger partial charge in [-0.2, -0.15) is 11.8 Å². The molecule has 0 aromatic heterocycles. The van der Waals surface area contributed by atoms with Gasteiger partial charge in [-0.25, -0.2) is 0 Å². The number of benzene rings is 2. The van der Waals surface area contributed by atoms with E-state index in [4.69, 9.17) is 11.6 Å². The first kappa shape index (κ1) is 22.2. The minimum Gasteiger partial charge on any atom is -0.338 e. The van der Waals surface area contributed by atoms with Gasteiger partial charge in [0.05, 0.1) is 5.92 Å². The van der Waals surface area contributed by atoms with Gasteiger partial charge in [-0.05, 0) is 54.8 Å². The van der Waals surface area contributed by atoms with Crippen molar-refractivity contribution in [1.29, 1.82) is 0 Å². The number of anilines is 1. The zero-order valence-corrected chi connectivity index (χ0v) is 19.1. The Morgan fingerprint density at radius 3 is 2.42 bits per heavy atom. The lowest BCUT2D eigenvalue weighted by molar-refractivity contribution is -0.121. The maximum absolute atomic E-state index is 12.8. The molecule has 0 spiro atoms. The number of piperidine rings is 1. The van der Waals surface area contributed by atoms with Gasteiger partial charge in [-0.1, -0.05) is 23.7 Å². The summed E-state index contributed by atoms with van der Waals surface area (Å²) >= 11 is 7.94. The predicted octanol–water partition coefficient (Wildman–Crippen LogP) is 4.38. The van der Waals surface area contributed by atoms with E-state index < -0.39 is 0 Å². The highest BCUT2D eigenvalue weighted by Crippen LogP contribution is 2.22. The number of likely N-dealkylation sites (tertiary alicyclic amines) is 1. The quantitative estimate of drug-likeness (QED) is 0.723. The Kier molecular flexibility index (Phi) is 7.54. The van der Waals surface area contributed by atoms with Crippen LogP contribution in [0.25, 0.3) is 0 Å². The molecule has 2 fully saturated rings. The standard InChI is InChI=1S/C24H28ClN3O2S/c25-21-7-5-19(6-8-21)24(30)28-11-1-2-20(17-28)23(29)26-22-9-3-18(4-10-22)16-27-12-14-31-15-13-27/h3-10,20H,1-2,11-17H2,(H,26,29)/t20-/m1/s1. The Morgan fingerprint density at radius 1 is 1.00 bits per heavy atom. The first-order valence-electron chi connectivity index (χ1n) is 10.8. The summed E-state index contributed by atoms with van der Waals surface area (Å²) in [5, 5.41) is 3.64. The van der Waals surface area contributed by atoms with Crippen LogP contribution in [-0.2, 0) is 11.3 Å². The highest BCUT2D eigenvalue weighted by Gasteiger charge is 2.29. The van der Waals surface area contributed by atoms with Crippen LogP contribution in [-0.4, -0.2) is 59.3 Å². The topological polar surface area (TPSA) is 52.7 Å². The maximum Gasteiger partial charge on any atom is 0.253 e. The molecule has 2 aliphatic heterocycles. The van der Waals surface area contributed by atoms with E-state index in [-0.39, 0.29) is 17.7 Å². The first-order chi connectivity index (χ1) is 15.1. The Labute approximate surface area is 193 Å². The second-order valence-electron chi connectivity index (χ2n) is 8.17. The minimum atomic E-state index is -0.199. The summed E-state index contributed by atoms with van der Waals surface area (Å²) in [4.78, 5) is 29.9. The predicted molar refractivity (Wildman–Crippen MR) is 128 cm³/mol. The lowest BCUT2D eigenvalue weighted by atomic mass is 9.96. The number of carbonyl (C=O) groups excluding carboxylic acids is 2. The molecule has 7 heteroatoms. The van der Waals surface area contributed by atoms with Gasteiger partial charge in [-0.3, -0.25) is 14.5 Å². The number of nitrogens with one attached hydrogen (secondary N) is 1. The van der Waals surface area contributed by atoms with Crippen molar-refractivity contribution in [3.05, 3.63) is 64.7 Å². The van der Waals surface area contributed by atoms with Gasteiger partial charge in [0.25, 0.3) is 5.91 Å². The van der Waals surface area contributed by atoms with Crippen LogP contribution in [0.15, 0.2) is 48.5 Å². The number of hydrogen-bond donors (Lipinski definition) is 1. The smallest absolute Gasteiger partial charge is 0.253 e.